The van der Waals surface area contributed by atoms with Gasteiger partial charge >= 0.3 is 0 Å². The van der Waals surface area contributed by atoms with E-state index in [9.17, 15) is 9.90 Å². The minimum absolute atomic E-state index is 0.0304. The van der Waals surface area contributed by atoms with Crippen molar-refractivity contribution in [1.29, 1.82) is 5.41 Å². The number of hydrogen-bond acceptors (Lipinski definition) is 4. The van der Waals surface area contributed by atoms with Crippen LogP contribution in [0.2, 0.25) is 0 Å². The molecule has 0 saturated heterocycles. The maximum absolute atomic E-state index is 12.7. The Hall–Kier alpha value is -3.77. The fourth-order valence-corrected chi connectivity index (χ4v) is 4.06. The zero-order valence-electron chi connectivity index (χ0n) is 18.8. The molecular weight excluding hydrogens is 412 g/mol. The van der Waals surface area contributed by atoms with Gasteiger partial charge in [-0.05, 0) is 42.5 Å². The molecule has 168 valence electrons. The summed E-state index contributed by atoms with van der Waals surface area (Å²) in [5, 5.41) is 22.4. The lowest BCUT2D eigenvalue weighted by Crippen LogP contribution is -2.32. The molecule has 3 aromatic carbocycles. The van der Waals surface area contributed by atoms with Gasteiger partial charge in [-0.2, -0.15) is 0 Å². The highest BCUT2D eigenvalue weighted by atomic mass is 16.3. The van der Waals surface area contributed by atoms with Crippen molar-refractivity contribution >= 4 is 23.2 Å². The average Bonchev–Trinajstić information content (AvgIpc) is 3.25. The van der Waals surface area contributed by atoms with Gasteiger partial charge in [0.2, 0.25) is 0 Å². The molecule has 0 aliphatic rings. The standard InChI is InChI=1S/C27H28N4O2/c1-3-31-24-16-20(25(32)29-18-19(2)17-28)14-15-23(24)30-26(31)27(33,21-10-6-4-7-11-21)22-12-8-5-9-13-22/h4-17,19,28,33H,3,18H2,1-2H3,(H,29,32). The number of nitrogens with zero attached hydrogens (tertiary/aromatic N) is 2. The molecule has 1 amide bonds. The van der Waals surface area contributed by atoms with Gasteiger partial charge in [0.05, 0.1) is 11.0 Å². The molecule has 6 heteroatoms. The van der Waals surface area contributed by atoms with Gasteiger partial charge < -0.3 is 20.4 Å². The summed E-state index contributed by atoms with van der Waals surface area (Å²) in [5.74, 6) is 0.280. The Bertz CT molecular complexity index is 1230. The first-order valence-electron chi connectivity index (χ1n) is 11.1. The van der Waals surface area contributed by atoms with E-state index in [0.717, 1.165) is 16.6 Å². The number of hydrogen-bond donors (Lipinski definition) is 3. The zero-order chi connectivity index (χ0) is 23.4. The summed E-state index contributed by atoms with van der Waals surface area (Å²) in [6, 6.07) is 24.4. The second-order valence-electron chi connectivity index (χ2n) is 8.18. The maximum Gasteiger partial charge on any atom is 0.251 e. The number of aromatic nitrogens is 2. The second-order valence-corrected chi connectivity index (χ2v) is 8.18. The van der Waals surface area contributed by atoms with E-state index in [2.05, 4.69) is 5.32 Å². The predicted molar refractivity (Wildman–Crippen MR) is 131 cm³/mol. The summed E-state index contributed by atoms with van der Waals surface area (Å²) in [5.41, 5.74) is 2.00. The minimum atomic E-state index is -1.46. The topological polar surface area (TPSA) is 91.0 Å². The van der Waals surface area contributed by atoms with Gasteiger partial charge in [-0.3, -0.25) is 4.79 Å². The summed E-state index contributed by atoms with van der Waals surface area (Å²) in [6.45, 7) is 4.85. The molecule has 4 rings (SSSR count). The van der Waals surface area contributed by atoms with Crippen LogP contribution in [0.1, 0.15) is 41.2 Å². The van der Waals surface area contributed by atoms with Crippen LogP contribution in [-0.4, -0.2) is 33.3 Å². The van der Waals surface area contributed by atoms with E-state index in [1.165, 1.54) is 6.21 Å². The van der Waals surface area contributed by atoms with Gasteiger partial charge in [0.25, 0.3) is 5.91 Å². The molecule has 0 fully saturated rings. The third-order valence-electron chi connectivity index (χ3n) is 5.90. The minimum Gasteiger partial charge on any atom is -0.373 e. The molecule has 33 heavy (non-hydrogen) atoms. The Morgan fingerprint density at radius 1 is 1.09 bits per heavy atom. The quantitative estimate of drug-likeness (QED) is 0.356. The van der Waals surface area contributed by atoms with Crippen molar-refractivity contribution in [3.8, 4) is 0 Å². The predicted octanol–water partition coefficient (Wildman–Crippen LogP) is 4.36. The molecule has 3 N–H and O–H groups in total. The molecule has 0 saturated carbocycles. The number of aliphatic hydroxyl groups is 1. The van der Waals surface area contributed by atoms with Gasteiger partial charge in [0.1, 0.15) is 0 Å². The van der Waals surface area contributed by atoms with E-state index in [1.807, 2.05) is 91.2 Å². The summed E-state index contributed by atoms with van der Waals surface area (Å²) < 4.78 is 1.96. The van der Waals surface area contributed by atoms with Gasteiger partial charge in [-0.25, -0.2) is 4.98 Å². The smallest absolute Gasteiger partial charge is 0.251 e. The Kier molecular flexibility index (Phi) is 6.38. The molecule has 4 aromatic rings. The molecule has 1 unspecified atom stereocenters. The number of nitrogens with one attached hydrogen (secondary N) is 2. The van der Waals surface area contributed by atoms with E-state index in [4.69, 9.17) is 10.4 Å². The first-order chi connectivity index (χ1) is 16.0. The highest BCUT2D eigenvalue weighted by Gasteiger charge is 2.38. The molecule has 0 radical (unpaired) electrons. The van der Waals surface area contributed by atoms with Crippen molar-refractivity contribution in [3.63, 3.8) is 0 Å². The molecule has 0 bridgehead atoms. The zero-order valence-corrected chi connectivity index (χ0v) is 18.8. The number of benzene rings is 3. The van der Waals surface area contributed by atoms with E-state index in [-0.39, 0.29) is 11.8 Å². The van der Waals surface area contributed by atoms with E-state index in [0.29, 0.717) is 30.0 Å². The summed E-state index contributed by atoms with van der Waals surface area (Å²) >= 11 is 0. The van der Waals surface area contributed by atoms with Crippen molar-refractivity contribution in [2.24, 2.45) is 5.92 Å². The number of carbonyl (C=O) groups excluding carboxylic acids is 1. The van der Waals surface area contributed by atoms with Gasteiger partial charge in [-0.1, -0.05) is 67.6 Å². The van der Waals surface area contributed by atoms with Crippen LogP contribution in [0.3, 0.4) is 0 Å². The molecule has 6 nitrogen and oxygen atoms in total. The molecule has 0 aliphatic heterocycles. The Labute approximate surface area is 193 Å². The van der Waals surface area contributed by atoms with Crippen LogP contribution in [0.5, 0.6) is 0 Å². The number of fused-ring (bicyclic) bond motifs is 1. The summed E-state index contributed by atoms with van der Waals surface area (Å²) in [7, 11) is 0. The molecule has 1 aromatic heterocycles. The van der Waals surface area contributed by atoms with Crippen LogP contribution in [0.15, 0.2) is 78.9 Å². The molecule has 0 aliphatic carbocycles. The van der Waals surface area contributed by atoms with E-state index >= 15 is 0 Å². The lowest BCUT2D eigenvalue weighted by atomic mass is 9.85. The van der Waals surface area contributed by atoms with Crippen molar-refractivity contribution in [3.05, 3.63) is 101 Å². The van der Waals surface area contributed by atoms with Crippen LogP contribution in [-0.2, 0) is 12.1 Å². The van der Waals surface area contributed by atoms with Crippen LogP contribution >= 0.6 is 0 Å². The first kappa shape index (κ1) is 22.4. The first-order valence-corrected chi connectivity index (χ1v) is 11.1. The lowest BCUT2D eigenvalue weighted by molar-refractivity contribution is 0.0951. The van der Waals surface area contributed by atoms with Crippen LogP contribution in [0.25, 0.3) is 11.0 Å². The Balaban J connectivity index is 1.85. The largest absolute Gasteiger partial charge is 0.373 e. The van der Waals surface area contributed by atoms with Crippen molar-refractivity contribution in [2.45, 2.75) is 26.0 Å². The fourth-order valence-electron chi connectivity index (χ4n) is 4.06. The third-order valence-corrected chi connectivity index (χ3v) is 5.90. The monoisotopic (exact) mass is 440 g/mol. The van der Waals surface area contributed by atoms with Crippen molar-refractivity contribution in [2.75, 3.05) is 6.54 Å². The molecule has 0 spiro atoms. The van der Waals surface area contributed by atoms with Gasteiger partial charge in [0, 0.05) is 24.6 Å². The van der Waals surface area contributed by atoms with Crippen molar-refractivity contribution in [1.82, 2.24) is 14.9 Å². The maximum atomic E-state index is 12.7. The van der Waals surface area contributed by atoms with Crippen LogP contribution in [0, 0.1) is 11.3 Å². The Morgan fingerprint density at radius 3 is 2.24 bits per heavy atom. The van der Waals surface area contributed by atoms with Crippen LogP contribution in [0.4, 0.5) is 0 Å². The highest BCUT2D eigenvalue weighted by molar-refractivity contribution is 5.97. The number of aryl methyl sites for hydroxylation is 1. The summed E-state index contributed by atoms with van der Waals surface area (Å²) in [4.78, 5) is 17.5. The Morgan fingerprint density at radius 2 is 1.70 bits per heavy atom. The number of imidazole rings is 1. The lowest BCUT2D eigenvalue weighted by Gasteiger charge is -2.29. The molecule has 1 heterocycles. The van der Waals surface area contributed by atoms with Gasteiger partial charge in [0.15, 0.2) is 11.4 Å². The van der Waals surface area contributed by atoms with E-state index in [1.54, 1.807) is 6.07 Å². The average molecular weight is 441 g/mol. The van der Waals surface area contributed by atoms with Crippen LogP contribution < -0.4 is 5.32 Å². The third kappa shape index (κ3) is 4.17. The fraction of sp³-hybridized carbons (Fsp3) is 0.222. The number of rotatable bonds is 8. The molecular formula is C27H28N4O2. The number of amides is 1. The second kappa shape index (κ2) is 9.38. The van der Waals surface area contributed by atoms with Crippen molar-refractivity contribution < 1.29 is 9.90 Å². The SMILES string of the molecule is CCn1c(C(O)(c2ccccc2)c2ccccc2)nc2ccc(C(=O)NCC(C)C=N)cc21. The summed E-state index contributed by atoms with van der Waals surface area (Å²) in [6.07, 6.45) is 1.32. The normalized spacial score (nSPS) is 12.5. The van der Waals surface area contributed by atoms with Gasteiger partial charge in [-0.15, -0.1) is 0 Å². The molecule has 1 atom stereocenters. The van der Waals surface area contributed by atoms with E-state index < -0.39 is 5.60 Å². The number of carbonyl (C=O) groups is 1. The highest BCUT2D eigenvalue weighted by Crippen LogP contribution is 2.37.